The Morgan fingerprint density at radius 1 is 1.09 bits per heavy atom. The molecular weight excluding hydrogens is 304 g/mol. The maximum absolute atomic E-state index is 12.3. The molecule has 0 radical (unpaired) electrons. The van der Waals surface area contributed by atoms with Crippen molar-refractivity contribution in [3.8, 4) is 11.5 Å². The van der Waals surface area contributed by atoms with Gasteiger partial charge < -0.3 is 13.9 Å². The summed E-state index contributed by atoms with van der Waals surface area (Å²) in [4.78, 5) is 12.3. The maximum Gasteiger partial charge on any atom is 0.379 e. The van der Waals surface area contributed by atoms with Gasteiger partial charge in [-0.05, 0) is 49.4 Å². The Kier molecular flexibility index (Phi) is 3.77. The summed E-state index contributed by atoms with van der Waals surface area (Å²) in [6.45, 7) is 1.81. The number of esters is 1. The summed E-state index contributed by atoms with van der Waals surface area (Å²) in [6.07, 6.45) is 0. The molecule has 0 fully saturated rings. The van der Waals surface area contributed by atoms with Crippen molar-refractivity contribution in [2.75, 3.05) is 7.11 Å². The van der Waals surface area contributed by atoms with Crippen molar-refractivity contribution in [2.24, 2.45) is 0 Å². The number of aryl methyl sites for hydroxylation is 1. The lowest BCUT2D eigenvalue weighted by molar-refractivity contribution is 0.0703. The molecule has 3 rings (SSSR count). The summed E-state index contributed by atoms with van der Waals surface area (Å²) in [5.41, 5.74) is 1.33. The Bertz CT molecular complexity index is 834. The highest BCUT2D eigenvalue weighted by molar-refractivity contribution is 6.30. The fourth-order valence-corrected chi connectivity index (χ4v) is 2.30. The van der Waals surface area contributed by atoms with Crippen LogP contribution in [-0.2, 0) is 0 Å². The molecule has 0 unspecified atom stereocenters. The second-order valence-electron chi connectivity index (χ2n) is 4.76. The van der Waals surface area contributed by atoms with Crippen molar-refractivity contribution in [3.05, 3.63) is 58.8 Å². The normalized spacial score (nSPS) is 10.7. The summed E-state index contributed by atoms with van der Waals surface area (Å²) >= 11 is 5.80. The van der Waals surface area contributed by atoms with Crippen molar-refractivity contribution in [1.82, 2.24) is 0 Å². The largest absolute Gasteiger partial charge is 0.497 e. The monoisotopic (exact) mass is 316 g/mol. The van der Waals surface area contributed by atoms with E-state index in [0.717, 1.165) is 5.39 Å². The molecule has 1 aromatic heterocycles. The minimum atomic E-state index is -0.546. The SMILES string of the molecule is COc1ccc2oc(C(=O)Oc3ccc(Cl)cc3)c(C)c2c1. The number of furan rings is 1. The van der Waals surface area contributed by atoms with Gasteiger partial charge in [-0.1, -0.05) is 11.6 Å². The Morgan fingerprint density at radius 3 is 2.45 bits per heavy atom. The molecule has 0 saturated heterocycles. The van der Waals surface area contributed by atoms with Crippen LogP contribution in [0.1, 0.15) is 16.1 Å². The third-order valence-corrected chi connectivity index (χ3v) is 3.60. The van der Waals surface area contributed by atoms with Gasteiger partial charge in [-0.15, -0.1) is 0 Å². The number of methoxy groups -OCH3 is 1. The minimum absolute atomic E-state index is 0.179. The van der Waals surface area contributed by atoms with Crippen LogP contribution in [0.15, 0.2) is 46.9 Å². The summed E-state index contributed by atoms with van der Waals surface area (Å²) < 4.78 is 16.1. The van der Waals surface area contributed by atoms with Crippen LogP contribution in [0.4, 0.5) is 0 Å². The lowest BCUT2D eigenvalue weighted by Crippen LogP contribution is -2.08. The highest BCUT2D eigenvalue weighted by atomic mass is 35.5. The van der Waals surface area contributed by atoms with Crippen LogP contribution in [0.25, 0.3) is 11.0 Å². The van der Waals surface area contributed by atoms with Gasteiger partial charge in [0.2, 0.25) is 5.76 Å². The second kappa shape index (κ2) is 5.73. The van der Waals surface area contributed by atoms with Crippen molar-refractivity contribution in [1.29, 1.82) is 0 Å². The van der Waals surface area contributed by atoms with Crippen LogP contribution in [0.5, 0.6) is 11.5 Å². The zero-order valence-corrected chi connectivity index (χ0v) is 12.8. The molecule has 1 heterocycles. The third-order valence-electron chi connectivity index (χ3n) is 3.35. The number of carbonyl (C=O) groups is 1. The highest BCUT2D eigenvalue weighted by Gasteiger charge is 2.20. The van der Waals surface area contributed by atoms with E-state index >= 15 is 0 Å². The molecule has 0 atom stereocenters. The topological polar surface area (TPSA) is 48.7 Å². The predicted octanol–water partition coefficient (Wildman–Crippen LogP) is 4.62. The van der Waals surface area contributed by atoms with Crippen LogP contribution in [0.2, 0.25) is 5.02 Å². The lowest BCUT2D eigenvalue weighted by Gasteiger charge is -2.02. The number of benzene rings is 2. The van der Waals surface area contributed by atoms with Crippen molar-refractivity contribution in [2.45, 2.75) is 6.92 Å². The Hall–Kier alpha value is -2.46. The lowest BCUT2D eigenvalue weighted by atomic mass is 10.1. The molecule has 0 saturated carbocycles. The number of ether oxygens (including phenoxy) is 2. The molecule has 5 heteroatoms. The molecular formula is C17H13ClO4. The summed E-state index contributed by atoms with van der Waals surface area (Å²) in [5.74, 6) is 0.744. The standard InChI is InChI=1S/C17H13ClO4/c1-10-14-9-13(20-2)7-8-15(14)22-16(10)17(19)21-12-5-3-11(18)4-6-12/h3-9H,1-2H3. The average Bonchev–Trinajstić information content (AvgIpc) is 2.86. The van der Waals surface area contributed by atoms with Gasteiger partial charge in [0.15, 0.2) is 0 Å². The fourth-order valence-electron chi connectivity index (χ4n) is 2.18. The molecule has 0 spiro atoms. The van der Waals surface area contributed by atoms with E-state index in [1.54, 1.807) is 43.5 Å². The van der Waals surface area contributed by atoms with E-state index in [4.69, 9.17) is 25.5 Å². The maximum atomic E-state index is 12.3. The number of halogens is 1. The number of carbonyl (C=O) groups excluding carboxylic acids is 1. The quantitative estimate of drug-likeness (QED) is 0.522. The van der Waals surface area contributed by atoms with Gasteiger partial charge in [0.05, 0.1) is 7.11 Å². The van der Waals surface area contributed by atoms with Crippen LogP contribution < -0.4 is 9.47 Å². The molecule has 0 aliphatic carbocycles. The summed E-state index contributed by atoms with van der Waals surface area (Å²) in [7, 11) is 1.59. The van der Waals surface area contributed by atoms with Crippen molar-refractivity contribution >= 4 is 28.5 Å². The minimum Gasteiger partial charge on any atom is -0.497 e. The smallest absolute Gasteiger partial charge is 0.379 e. The van der Waals surface area contributed by atoms with Gasteiger partial charge >= 0.3 is 5.97 Å². The Labute approximate surface area is 132 Å². The van der Waals surface area contributed by atoms with E-state index in [-0.39, 0.29) is 5.76 Å². The first-order chi connectivity index (χ1) is 10.6. The Morgan fingerprint density at radius 2 is 1.77 bits per heavy atom. The van der Waals surface area contributed by atoms with Crippen LogP contribution in [0.3, 0.4) is 0 Å². The zero-order valence-electron chi connectivity index (χ0n) is 12.1. The summed E-state index contributed by atoms with van der Waals surface area (Å²) in [5, 5.41) is 1.40. The molecule has 0 aliphatic rings. The molecule has 0 bridgehead atoms. The first-order valence-corrected chi connectivity index (χ1v) is 7.01. The molecule has 0 N–H and O–H groups in total. The van der Waals surface area contributed by atoms with E-state index in [1.807, 2.05) is 13.0 Å². The van der Waals surface area contributed by atoms with Crippen molar-refractivity contribution < 1.29 is 18.7 Å². The van der Waals surface area contributed by atoms with E-state index in [0.29, 0.717) is 27.7 Å². The number of hydrogen-bond acceptors (Lipinski definition) is 4. The number of rotatable bonds is 3. The second-order valence-corrected chi connectivity index (χ2v) is 5.20. The van der Waals surface area contributed by atoms with Gasteiger partial charge in [-0.2, -0.15) is 0 Å². The van der Waals surface area contributed by atoms with Gasteiger partial charge in [-0.25, -0.2) is 4.79 Å². The Balaban J connectivity index is 1.93. The molecule has 0 amide bonds. The van der Waals surface area contributed by atoms with Crippen LogP contribution in [-0.4, -0.2) is 13.1 Å². The van der Waals surface area contributed by atoms with Gasteiger partial charge in [-0.3, -0.25) is 0 Å². The van der Waals surface area contributed by atoms with E-state index in [1.165, 1.54) is 0 Å². The molecule has 22 heavy (non-hydrogen) atoms. The molecule has 112 valence electrons. The van der Waals surface area contributed by atoms with E-state index in [2.05, 4.69) is 0 Å². The molecule has 2 aromatic carbocycles. The van der Waals surface area contributed by atoms with E-state index < -0.39 is 5.97 Å². The highest BCUT2D eigenvalue weighted by Crippen LogP contribution is 2.29. The fraction of sp³-hybridized carbons (Fsp3) is 0.118. The summed E-state index contributed by atoms with van der Waals surface area (Å²) in [6, 6.07) is 11.9. The van der Waals surface area contributed by atoms with Crippen LogP contribution in [0, 0.1) is 6.92 Å². The number of fused-ring (bicyclic) bond motifs is 1. The van der Waals surface area contributed by atoms with Gasteiger partial charge in [0.25, 0.3) is 0 Å². The predicted molar refractivity (Wildman–Crippen MR) is 83.9 cm³/mol. The van der Waals surface area contributed by atoms with Gasteiger partial charge in [0.1, 0.15) is 17.1 Å². The molecule has 4 nitrogen and oxygen atoms in total. The first kappa shape index (κ1) is 14.5. The average molecular weight is 317 g/mol. The number of hydrogen-bond donors (Lipinski definition) is 0. The zero-order chi connectivity index (χ0) is 15.7. The third kappa shape index (κ3) is 2.65. The van der Waals surface area contributed by atoms with E-state index in [9.17, 15) is 4.79 Å². The van der Waals surface area contributed by atoms with Gasteiger partial charge in [0, 0.05) is 16.0 Å². The molecule has 3 aromatic rings. The molecule has 0 aliphatic heterocycles. The first-order valence-electron chi connectivity index (χ1n) is 6.63. The van der Waals surface area contributed by atoms with Crippen LogP contribution >= 0.6 is 11.6 Å². The van der Waals surface area contributed by atoms with Crippen molar-refractivity contribution in [3.63, 3.8) is 0 Å².